The standard InChI is InChI=1S/C21H29N3O3S/c1-2-3-4-7-12-22-20(26)16-9-8-13-24(14-16)19(25)15-28-21-23-17-10-5-6-11-18(17)27-21/h5-6,10-11,16H,2-4,7-9,12-15H2,1H3,(H,22,26). The normalized spacial score (nSPS) is 17.0. The SMILES string of the molecule is CCCCCCNC(=O)C1CCCN(C(=O)CSc2nc3ccccc3o2)C1. The zero-order chi connectivity index (χ0) is 19.8. The van der Waals surface area contributed by atoms with Crippen LogP contribution >= 0.6 is 11.8 Å². The number of oxazole rings is 1. The molecule has 1 N–H and O–H groups in total. The number of aromatic nitrogens is 1. The van der Waals surface area contributed by atoms with Crippen LogP contribution in [0.2, 0.25) is 0 Å². The number of nitrogens with one attached hydrogen (secondary N) is 1. The molecular formula is C21H29N3O3S. The molecule has 1 atom stereocenters. The number of fused-ring (bicyclic) bond motifs is 1. The van der Waals surface area contributed by atoms with Gasteiger partial charge >= 0.3 is 0 Å². The van der Waals surface area contributed by atoms with Crippen molar-refractivity contribution in [2.45, 2.75) is 50.7 Å². The molecule has 3 rings (SSSR count). The molecule has 2 aromatic rings. The number of unbranched alkanes of at least 4 members (excludes halogenated alkanes) is 3. The predicted octanol–water partition coefficient (Wildman–Crippen LogP) is 3.86. The summed E-state index contributed by atoms with van der Waals surface area (Å²) in [6, 6.07) is 7.56. The highest BCUT2D eigenvalue weighted by atomic mass is 32.2. The van der Waals surface area contributed by atoms with Gasteiger partial charge in [0.2, 0.25) is 11.8 Å². The minimum Gasteiger partial charge on any atom is -0.431 e. The number of carbonyl (C=O) groups excluding carboxylic acids is 2. The lowest BCUT2D eigenvalue weighted by molar-refractivity contribution is -0.133. The molecule has 0 saturated carbocycles. The van der Waals surface area contributed by atoms with Gasteiger partial charge in [0.25, 0.3) is 5.22 Å². The molecule has 0 spiro atoms. The summed E-state index contributed by atoms with van der Waals surface area (Å²) in [5.74, 6) is 0.296. The molecule has 0 radical (unpaired) electrons. The molecule has 1 aromatic carbocycles. The summed E-state index contributed by atoms with van der Waals surface area (Å²) < 4.78 is 5.65. The number of benzene rings is 1. The van der Waals surface area contributed by atoms with Crippen molar-refractivity contribution < 1.29 is 14.0 Å². The Hall–Kier alpha value is -2.02. The van der Waals surface area contributed by atoms with Gasteiger partial charge in [-0.2, -0.15) is 0 Å². The topological polar surface area (TPSA) is 75.4 Å². The molecule has 6 nitrogen and oxygen atoms in total. The van der Waals surface area contributed by atoms with Crippen molar-refractivity contribution in [1.29, 1.82) is 0 Å². The summed E-state index contributed by atoms with van der Waals surface area (Å²) in [7, 11) is 0. The second-order valence-electron chi connectivity index (χ2n) is 7.27. The zero-order valence-corrected chi connectivity index (χ0v) is 17.3. The molecule has 28 heavy (non-hydrogen) atoms. The molecule has 1 aliphatic heterocycles. The van der Waals surface area contributed by atoms with E-state index in [4.69, 9.17) is 4.42 Å². The van der Waals surface area contributed by atoms with Crippen molar-refractivity contribution >= 4 is 34.7 Å². The van der Waals surface area contributed by atoms with E-state index in [1.165, 1.54) is 24.6 Å². The molecule has 0 aliphatic carbocycles. The Bertz CT molecular complexity index is 759. The van der Waals surface area contributed by atoms with Crippen LogP contribution in [0.5, 0.6) is 0 Å². The van der Waals surface area contributed by atoms with E-state index in [0.717, 1.165) is 43.3 Å². The Morgan fingerprint density at radius 3 is 2.96 bits per heavy atom. The van der Waals surface area contributed by atoms with Gasteiger partial charge in [-0.25, -0.2) is 4.98 Å². The first-order valence-corrected chi connectivity index (χ1v) is 11.2. The van der Waals surface area contributed by atoms with E-state index < -0.39 is 0 Å². The number of piperidine rings is 1. The van der Waals surface area contributed by atoms with Gasteiger partial charge in [-0.1, -0.05) is 50.1 Å². The Balaban J connectivity index is 1.43. The molecule has 1 saturated heterocycles. The van der Waals surface area contributed by atoms with Crippen LogP contribution in [-0.2, 0) is 9.59 Å². The van der Waals surface area contributed by atoms with E-state index in [2.05, 4.69) is 17.2 Å². The quantitative estimate of drug-likeness (QED) is 0.508. The monoisotopic (exact) mass is 403 g/mol. The van der Waals surface area contributed by atoms with E-state index in [1.54, 1.807) is 4.90 Å². The van der Waals surface area contributed by atoms with Crippen LogP contribution in [0.15, 0.2) is 33.9 Å². The highest BCUT2D eigenvalue weighted by molar-refractivity contribution is 7.99. The van der Waals surface area contributed by atoms with E-state index in [-0.39, 0.29) is 23.5 Å². The first-order valence-electron chi connectivity index (χ1n) is 10.2. The molecule has 152 valence electrons. The van der Waals surface area contributed by atoms with Crippen molar-refractivity contribution in [1.82, 2.24) is 15.2 Å². The van der Waals surface area contributed by atoms with Gasteiger partial charge in [-0.3, -0.25) is 9.59 Å². The molecule has 1 fully saturated rings. The average Bonchev–Trinajstić information content (AvgIpc) is 3.15. The van der Waals surface area contributed by atoms with E-state index in [1.807, 2.05) is 24.3 Å². The second kappa shape index (κ2) is 10.5. The van der Waals surface area contributed by atoms with Crippen molar-refractivity contribution in [3.05, 3.63) is 24.3 Å². The smallest absolute Gasteiger partial charge is 0.257 e. The van der Waals surface area contributed by atoms with Crippen LogP contribution in [0.3, 0.4) is 0 Å². The first-order chi connectivity index (χ1) is 13.7. The number of nitrogens with zero attached hydrogens (tertiary/aromatic N) is 2. The third kappa shape index (κ3) is 5.74. The Labute approximate surface area is 170 Å². The van der Waals surface area contributed by atoms with E-state index in [0.29, 0.717) is 18.3 Å². The third-order valence-electron chi connectivity index (χ3n) is 5.07. The van der Waals surface area contributed by atoms with Crippen LogP contribution in [0.25, 0.3) is 11.1 Å². The second-order valence-corrected chi connectivity index (χ2v) is 8.19. The summed E-state index contributed by atoms with van der Waals surface area (Å²) in [4.78, 5) is 31.2. The molecule has 1 unspecified atom stereocenters. The number of thioether (sulfide) groups is 1. The lowest BCUT2D eigenvalue weighted by Gasteiger charge is -2.32. The minimum absolute atomic E-state index is 0.0349. The fourth-order valence-corrected chi connectivity index (χ4v) is 4.19. The van der Waals surface area contributed by atoms with Crippen molar-refractivity contribution in [3.8, 4) is 0 Å². The highest BCUT2D eigenvalue weighted by Crippen LogP contribution is 2.24. The van der Waals surface area contributed by atoms with Gasteiger partial charge in [0, 0.05) is 19.6 Å². The van der Waals surface area contributed by atoms with Crippen LogP contribution in [0, 0.1) is 5.92 Å². The molecular weight excluding hydrogens is 374 g/mol. The number of amides is 2. The number of hydrogen-bond acceptors (Lipinski definition) is 5. The van der Waals surface area contributed by atoms with Gasteiger partial charge in [0.05, 0.1) is 11.7 Å². The Morgan fingerprint density at radius 1 is 1.29 bits per heavy atom. The van der Waals surface area contributed by atoms with Crippen LogP contribution in [0.1, 0.15) is 45.4 Å². The summed E-state index contributed by atoms with van der Waals surface area (Å²) in [6.07, 6.45) is 6.29. The Kier molecular flexibility index (Phi) is 7.77. The number of carbonyl (C=O) groups is 2. The maximum atomic E-state index is 12.6. The van der Waals surface area contributed by atoms with Crippen LogP contribution in [0.4, 0.5) is 0 Å². The predicted molar refractivity (Wildman–Crippen MR) is 111 cm³/mol. The minimum atomic E-state index is -0.0989. The lowest BCUT2D eigenvalue weighted by atomic mass is 9.97. The summed E-state index contributed by atoms with van der Waals surface area (Å²) in [5.41, 5.74) is 1.53. The molecule has 0 bridgehead atoms. The molecule has 7 heteroatoms. The van der Waals surface area contributed by atoms with Gasteiger partial charge in [-0.05, 0) is 31.4 Å². The summed E-state index contributed by atoms with van der Waals surface area (Å²) >= 11 is 1.31. The van der Waals surface area contributed by atoms with Gasteiger partial charge in [0.1, 0.15) is 5.52 Å². The molecule has 2 heterocycles. The fraction of sp³-hybridized carbons (Fsp3) is 0.571. The van der Waals surface area contributed by atoms with Gasteiger partial charge in [-0.15, -0.1) is 0 Å². The number of para-hydroxylation sites is 2. The van der Waals surface area contributed by atoms with Crippen LogP contribution < -0.4 is 5.32 Å². The lowest BCUT2D eigenvalue weighted by Crippen LogP contribution is -2.46. The van der Waals surface area contributed by atoms with Gasteiger partial charge in [0.15, 0.2) is 5.58 Å². The average molecular weight is 404 g/mol. The maximum Gasteiger partial charge on any atom is 0.257 e. The number of rotatable bonds is 9. The summed E-state index contributed by atoms with van der Waals surface area (Å²) in [6.45, 7) is 4.13. The Morgan fingerprint density at radius 2 is 2.14 bits per heavy atom. The van der Waals surface area contributed by atoms with E-state index in [9.17, 15) is 9.59 Å². The zero-order valence-electron chi connectivity index (χ0n) is 16.5. The molecule has 1 aliphatic rings. The van der Waals surface area contributed by atoms with Crippen molar-refractivity contribution in [2.75, 3.05) is 25.4 Å². The summed E-state index contributed by atoms with van der Waals surface area (Å²) in [5, 5.41) is 3.54. The fourth-order valence-electron chi connectivity index (χ4n) is 3.45. The number of likely N-dealkylation sites (tertiary alicyclic amines) is 1. The van der Waals surface area contributed by atoms with Crippen LogP contribution in [-0.4, -0.2) is 47.1 Å². The van der Waals surface area contributed by atoms with Crippen molar-refractivity contribution in [3.63, 3.8) is 0 Å². The van der Waals surface area contributed by atoms with Gasteiger partial charge < -0.3 is 14.6 Å². The van der Waals surface area contributed by atoms with E-state index >= 15 is 0 Å². The molecule has 2 amide bonds. The largest absolute Gasteiger partial charge is 0.431 e. The maximum absolute atomic E-state index is 12.6. The van der Waals surface area contributed by atoms with Crippen molar-refractivity contribution in [2.24, 2.45) is 5.92 Å². The first kappa shape index (κ1) is 20.7. The number of hydrogen-bond donors (Lipinski definition) is 1. The molecule has 1 aromatic heterocycles. The highest BCUT2D eigenvalue weighted by Gasteiger charge is 2.28. The third-order valence-corrected chi connectivity index (χ3v) is 5.88.